The molecular formula is C22H41N5O5. The van der Waals surface area contributed by atoms with Crippen LogP contribution < -0.4 is 21.5 Å². The number of nitrogens with one attached hydrogen (secondary N) is 4. The second-order valence-corrected chi connectivity index (χ2v) is 9.11. The number of amides is 5. The van der Waals surface area contributed by atoms with E-state index in [2.05, 4.69) is 21.5 Å². The minimum Gasteiger partial charge on any atom is -0.325 e. The Hall–Kier alpha value is -2.65. The predicted molar refractivity (Wildman–Crippen MR) is 121 cm³/mol. The maximum atomic E-state index is 13.7. The summed E-state index contributed by atoms with van der Waals surface area (Å²) in [6, 6.07) is 0. The van der Waals surface area contributed by atoms with Gasteiger partial charge in [-0.2, -0.15) is 5.12 Å². The van der Waals surface area contributed by atoms with Gasteiger partial charge in [0, 0.05) is 31.6 Å². The molecule has 0 aromatic rings. The van der Waals surface area contributed by atoms with Gasteiger partial charge in [-0.25, -0.2) is 10.9 Å². The molecule has 0 aromatic heterocycles. The van der Waals surface area contributed by atoms with Crippen molar-refractivity contribution in [3.8, 4) is 0 Å². The highest BCUT2D eigenvalue weighted by atomic mass is 16.2. The fourth-order valence-corrected chi connectivity index (χ4v) is 2.89. The van der Waals surface area contributed by atoms with Crippen LogP contribution in [-0.4, -0.2) is 40.3 Å². The maximum absolute atomic E-state index is 13.7. The van der Waals surface area contributed by atoms with Crippen molar-refractivity contribution in [2.75, 3.05) is 0 Å². The van der Waals surface area contributed by atoms with Crippen molar-refractivity contribution in [3.05, 3.63) is 0 Å². The molecule has 10 heteroatoms. The molecule has 4 N–H and O–H groups in total. The minimum absolute atomic E-state index is 0.0113. The van der Waals surface area contributed by atoms with Gasteiger partial charge < -0.3 is 10.6 Å². The molecule has 32 heavy (non-hydrogen) atoms. The first-order valence-electron chi connectivity index (χ1n) is 11.3. The van der Waals surface area contributed by atoms with E-state index >= 15 is 0 Å². The smallest absolute Gasteiger partial charge is 0.307 e. The van der Waals surface area contributed by atoms with Gasteiger partial charge >= 0.3 is 5.91 Å². The fourth-order valence-electron chi connectivity index (χ4n) is 2.89. The molecule has 0 aliphatic rings. The van der Waals surface area contributed by atoms with E-state index in [9.17, 15) is 24.0 Å². The van der Waals surface area contributed by atoms with E-state index < -0.39 is 41.1 Å². The van der Waals surface area contributed by atoms with Crippen LogP contribution in [-0.2, 0) is 24.0 Å². The lowest BCUT2D eigenvalue weighted by Gasteiger charge is -2.39. The van der Waals surface area contributed by atoms with Gasteiger partial charge in [0.2, 0.25) is 23.6 Å². The SMILES string of the molecule is CCCC(=O)NC(CC(C)C)(NC(=O)CC)C(=O)N(NC(=O)CC(C)C)NC(=O)C(C)C. The third kappa shape index (κ3) is 10.1. The summed E-state index contributed by atoms with van der Waals surface area (Å²) < 4.78 is 0. The van der Waals surface area contributed by atoms with Crippen LogP contribution in [0.25, 0.3) is 0 Å². The molecule has 0 heterocycles. The van der Waals surface area contributed by atoms with E-state index in [1.165, 1.54) is 0 Å². The molecule has 1 atom stereocenters. The molecule has 0 fully saturated rings. The van der Waals surface area contributed by atoms with Crippen molar-refractivity contribution in [2.24, 2.45) is 17.8 Å². The molecule has 0 rings (SSSR count). The number of hydrogen-bond donors (Lipinski definition) is 4. The predicted octanol–water partition coefficient (Wildman–Crippen LogP) is 1.76. The molecule has 5 amide bonds. The Balaban J connectivity index is 6.34. The number of carbonyl (C=O) groups is 5. The maximum Gasteiger partial charge on any atom is 0.307 e. The van der Waals surface area contributed by atoms with Gasteiger partial charge in [0.15, 0.2) is 5.66 Å². The summed E-state index contributed by atoms with van der Waals surface area (Å²) in [5.41, 5.74) is 2.98. The van der Waals surface area contributed by atoms with Crippen molar-refractivity contribution in [3.63, 3.8) is 0 Å². The molecule has 0 spiro atoms. The molecule has 0 aromatic carbocycles. The Labute approximate surface area is 191 Å². The number of carbonyl (C=O) groups excluding carboxylic acids is 5. The molecule has 10 nitrogen and oxygen atoms in total. The van der Waals surface area contributed by atoms with Crippen LogP contribution in [0.3, 0.4) is 0 Å². The third-order valence-corrected chi connectivity index (χ3v) is 4.36. The van der Waals surface area contributed by atoms with Crippen molar-refractivity contribution in [2.45, 2.75) is 93.2 Å². The standard InChI is InChI=1S/C22H41N5O5/c1-9-11-18(29)24-22(13-15(5)6,23-17(28)10-2)21(32)27(26-20(31)16(7)8)25-19(30)12-14(3)4/h14-16H,9-13H2,1-8H3,(H,23,28)(H,24,29)(H,25,30)(H,26,31). The van der Waals surface area contributed by atoms with Crippen molar-refractivity contribution in [1.82, 2.24) is 26.6 Å². The number of rotatable bonds is 11. The average molecular weight is 456 g/mol. The van der Waals surface area contributed by atoms with Crippen LogP contribution in [0.5, 0.6) is 0 Å². The van der Waals surface area contributed by atoms with Gasteiger partial charge in [0.25, 0.3) is 0 Å². The summed E-state index contributed by atoms with van der Waals surface area (Å²) >= 11 is 0. The zero-order chi connectivity index (χ0) is 25.1. The molecule has 0 radical (unpaired) electrons. The summed E-state index contributed by atoms with van der Waals surface area (Å²) in [4.78, 5) is 63.5. The van der Waals surface area contributed by atoms with Crippen LogP contribution in [0.15, 0.2) is 0 Å². The quantitative estimate of drug-likeness (QED) is 0.278. The summed E-state index contributed by atoms with van der Waals surface area (Å²) in [5.74, 6) is -3.33. The van der Waals surface area contributed by atoms with E-state index in [0.29, 0.717) is 11.5 Å². The first-order chi connectivity index (χ1) is 14.8. The highest BCUT2D eigenvalue weighted by molar-refractivity contribution is 5.96. The van der Waals surface area contributed by atoms with Gasteiger partial charge in [-0.15, -0.1) is 0 Å². The second-order valence-electron chi connectivity index (χ2n) is 9.11. The van der Waals surface area contributed by atoms with Crippen LogP contribution in [0.4, 0.5) is 0 Å². The van der Waals surface area contributed by atoms with Crippen LogP contribution >= 0.6 is 0 Å². The van der Waals surface area contributed by atoms with Gasteiger partial charge in [-0.05, 0) is 18.3 Å². The average Bonchev–Trinajstić information content (AvgIpc) is 2.65. The van der Waals surface area contributed by atoms with E-state index in [4.69, 9.17) is 0 Å². The molecule has 1 unspecified atom stereocenters. The zero-order valence-electron chi connectivity index (χ0n) is 20.8. The molecule has 0 saturated carbocycles. The van der Waals surface area contributed by atoms with Gasteiger partial charge in [-0.3, -0.25) is 24.0 Å². The Bertz CT molecular complexity index is 678. The Morgan fingerprint density at radius 2 is 1.34 bits per heavy atom. The van der Waals surface area contributed by atoms with Crippen molar-refractivity contribution < 1.29 is 24.0 Å². The second kappa shape index (κ2) is 13.7. The zero-order valence-corrected chi connectivity index (χ0v) is 20.8. The molecular weight excluding hydrogens is 414 g/mol. The lowest BCUT2D eigenvalue weighted by atomic mass is 9.95. The molecule has 0 bridgehead atoms. The van der Waals surface area contributed by atoms with Crippen LogP contribution in [0, 0.1) is 17.8 Å². The van der Waals surface area contributed by atoms with E-state index in [-0.39, 0.29) is 37.5 Å². The van der Waals surface area contributed by atoms with Crippen LogP contribution in [0.1, 0.15) is 87.5 Å². The van der Waals surface area contributed by atoms with Crippen LogP contribution in [0.2, 0.25) is 0 Å². The largest absolute Gasteiger partial charge is 0.325 e. The number of hydrazine groups is 2. The first-order valence-corrected chi connectivity index (χ1v) is 11.3. The first kappa shape index (κ1) is 29.4. The summed E-state index contributed by atoms with van der Waals surface area (Å²) in [7, 11) is 0. The molecule has 0 aliphatic carbocycles. The Morgan fingerprint density at radius 3 is 1.78 bits per heavy atom. The monoisotopic (exact) mass is 455 g/mol. The van der Waals surface area contributed by atoms with E-state index in [1.807, 2.05) is 34.6 Å². The van der Waals surface area contributed by atoms with Crippen molar-refractivity contribution >= 4 is 29.5 Å². The normalized spacial score (nSPS) is 12.8. The van der Waals surface area contributed by atoms with Crippen molar-refractivity contribution in [1.29, 1.82) is 0 Å². The topological polar surface area (TPSA) is 137 Å². The highest BCUT2D eigenvalue weighted by Gasteiger charge is 2.45. The highest BCUT2D eigenvalue weighted by Crippen LogP contribution is 2.18. The van der Waals surface area contributed by atoms with E-state index in [0.717, 1.165) is 0 Å². The Kier molecular flexibility index (Phi) is 12.6. The third-order valence-electron chi connectivity index (χ3n) is 4.36. The van der Waals surface area contributed by atoms with Gasteiger partial charge in [0.05, 0.1) is 0 Å². The molecule has 0 saturated heterocycles. The summed E-state index contributed by atoms with van der Waals surface area (Å²) in [6.45, 7) is 14.1. The lowest BCUT2D eigenvalue weighted by molar-refractivity contribution is -0.160. The Morgan fingerprint density at radius 1 is 0.781 bits per heavy atom. The van der Waals surface area contributed by atoms with Gasteiger partial charge in [0.1, 0.15) is 0 Å². The lowest BCUT2D eigenvalue weighted by Crippen LogP contribution is -2.73. The van der Waals surface area contributed by atoms with E-state index in [1.54, 1.807) is 20.8 Å². The van der Waals surface area contributed by atoms with Gasteiger partial charge in [-0.1, -0.05) is 55.4 Å². The minimum atomic E-state index is -1.84. The molecule has 0 aliphatic heterocycles. The summed E-state index contributed by atoms with van der Waals surface area (Å²) in [5, 5.41) is 5.99. The summed E-state index contributed by atoms with van der Waals surface area (Å²) in [6.07, 6.45) is 0.934. The molecule has 184 valence electrons. The number of nitrogens with zero attached hydrogens (tertiary/aromatic N) is 1. The number of hydrogen-bond acceptors (Lipinski definition) is 5. The fraction of sp³-hybridized carbons (Fsp3) is 0.773.